The van der Waals surface area contributed by atoms with Gasteiger partial charge in [-0.2, -0.15) is 0 Å². The minimum absolute atomic E-state index is 1.21. The molecule has 1 aromatic rings. The molecular formula is C9H17B2N3. The number of hydrogen-bond donors (Lipinski definition) is 0. The minimum atomic E-state index is 1.21. The molecule has 1 aromatic heterocycles. The van der Waals surface area contributed by atoms with Crippen LogP contribution in [0.15, 0.2) is 12.1 Å². The summed E-state index contributed by atoms with van der Waals surface area (Å²) in [5.41, 5.74) is 2.42. The number of rotatable bonds is 4. The zero-order valence-electron chi connectivity index (χ0n) is 9.65. The molecule has 0 aliphatic rings. The molecule has 0 aromatic carbocycles. The van der Waals surface area contributed by atoms with Crippen LogP contribution in [-0.4, -0.2) is 57.2 Å². The first kappa shape index (κ1) is 11.4. The summed E-state index contributed by atoms with van der Waals surface area (Å²) in [4.78, 5) is 4.10. The summed E-state index contributed by atoms with van der Waals surface area (Å²) >= 11 is 0. The second kappa shape index (κ2) is 4.71. The van der Waals surface area contributed by atoms with E-state index >= 15 is 0 Å². The maximum absolute atomic E-state index is 2.17. The Morgan fingerprint density at radius 3 is 1.57 bits per heavy atom. The maximum Gasteiger partial charge on any atom is 0.269 e. The van der Waals surface area contributed by atoms with Crippen molar-refractivity contribution in [2.75, 3.05) is 28.2 Å². The fraction of sp³-hybridized carbons (Fsp3) is 0.556. The molecule has 0 bridgehead atoms. The van der Waals surface area contributed by atoms with Crippen molar-refractivity contribution < 1.29 is 0 Å². The second-order valence-electron chi connectivity index (χ2n) is 3.93. The van der Waals surface area contributed by atoms with Gasteiger partial charge in [-0.3, -0.25) is 0 Å². The van der Waals surface area contributed by atoms with Crippen LogP contribution < -0.4 is 11.2 Å². The lowest BCUT2D eigenvalue weighted by Gasteiger charge is -2.12. The Bertz CT molecular complexity index is 267. The highest BCUT2D eigenvalue weighted by molar-refractivity contribution is 6.53. The van der Waals surface area contributed by atoms with Crippen LogP contribution in [0.25, 0.3) is 0 Å². The Kier molecular flexibility index (Phi) is 3.84. The van der Waals surface area contributed by atoms with Gasteiger partial charge in [-0.05, 0) is 39.4 Å². The highest BCUT2D eigenvalue weighted by Crippen LogP contribution is 1.83. The zero-order chi connectivity index (χ0) is 10.7. The molecule has 5 heteroatoms. The van der Waals surface area contributed by atoms with E-state index in [1.54, 1.807) is 0 Å². The van der Waals surface area contributed by atoms with Gasteiger partial charge < -0.3 is 14.2 Å². The summed E-state index contributed by atoms with van der Waals surface area (Å²) in [5.74, 6) is 0. The van der Waals surface area contributed by atoms with Crippen molar-refractivity contribution in [1.29, 1.82) is 0 Å². The maximum atomic E-state index is 2.17. The molecule has 0 fully saturated rings. The predicted octanol–water partition coefficient (Wildman–Crippen LogP) is -1.36. The van der Waals surface area contributed by atoms with Crippen LogP contribution in [0.3, 0.4) is 0 Å². The molecule has 1 heterocycles. The number of hydrogen-bond acceptors (Lipinski definition) is 2. The molecule has 0 saturated carbocycles. The second-order valence-corrected chi connectivity index (χ2v) is 3.93. The van der Waals surface area contributed by atoms with Crippen LogP contribution in [0.1, 0.15) is 0 Å². The van der Waals surface area contributed by atoms with Gasteiger partial charge in [0.15, 0.2) is 0 Å². The molecule has 0 aliphatic heterocycles. The fourth-order valence-electron chi connectivity index (χ4n) is 1.33. The van der Waals surface area contributed by atoms with Gasteiger partial charge in [0.05, 0.1) is 0 Å². The van der Waals surface area contributed by atoms with Gasteiger partial charge in [-0.1, -0.05) is 12.1 Å². The van der Waals surface area contributed by atoms with Gasteiger partial charge in [-0.15, -0.1) is 0 Å². The summed E-state index contributed by atoms with van der Waals surface area (Å²) in [5, 5.41) is 0. The molecule has 0 amide bonds. The van der Waals surface area contributed by atoms with Crippen LogP contribution in [-0.2, 0) is 7.05 Å². The largest absolute Gasteiger partial charge is 0.366 e. The van der Waals surface area contributed by atoms with Gasteiger partial charge in [0.1, 0.15) is 0 Å². The molecule has 2 radical (unpaired) electrons. The molecule has 0 saturated heterocycles. The Morgan fingerprint density at radius 1 is 0.929 bits per heavy atom. The standard InChI is InChI=1S/C9H17B2N3/c1-12(2)10-8-6-7-9(14(8)5)11-13(3)4/h6-7H,1-5H3. The van der Waals surface area contributed by atoms with E-state index in [0.29, 0.717) is 0 Å². The Labute approximate surface area is 88.2 Å². The quantitative estimate of drug-likeness (QED) is 0.541. The van der Waals surface area contributed by atoms with E-state index < -0.39 is 0 Å². The van der Waals surface area contributed by atoms with Crippen LogP contribution in [0.4, 0.5) is 0 Å². The van der Waals surface area contributed by atoms with Gasteiger partial charge >= 0.3 is 0 Å². The lowest BCUT2D eigenvalue weighted by Crippen LogP contribution is -2.40. The Balaban J connectivity index is 2.75. The first-order valence-electron chi connectivity index (χ1n) is 4.69. The van der Waals surface area contributed by atoms with Crippen molar-refractivity contribution in [3.05, 3.63) is 12.1 Å². The highest BCUT2D eigenvalue weighted by atomic mass is 15.0. The molecule has 74 valence electrons. The van der Waals surface area contributed by atoms with Crippen molar-refractivity contribution in [3.8, 4) is 0 Å². The topological polar surface area (TPSA) is 11.4 Å². The van der Waals surface area contributed by atoms with Crippen molar-refractivity contribution >= 4 is 26.0 Å². The van der Waals surface area contributed by atoms with E-state index in [4.69, 9.17) is 0 Å². The average molecular weight is 189 g/mol. The SMILES string of the molecule is CN(C)[B]c1ccc([B]N(C)C)n1C. The molecule has 0 N–H and O–H groups in total. The van der Waals surface area contributed by atoms with Crippen LogP contribution >= 0.6 is 0 Å². The van der Waals surface area contributed by atoms with Gasteiger partial charge in [-0.25, -0.2) is 0 Å². The molecule has 14 heavy (non-hydrogen) atoms. The van der Waals surface area contributed by atoms with Gasteiger partial charge in [0.25, 0.3) is 14.8 Å². The third-order valence-corrected chi connectivity index (χ3v) is 1.98. The van der Waals surface area contributed by atoms with E-state index in [0.717, 1.165) is 0 Å². The third-order valence-electron chi connectivity index (χ3n) is 1.98. The minimum Gasteiger partial charge on any atom is -0.366 e. The van der Waals surface area contributed by atoms with Crippen LogP contribution in [0.5, 0.6) is 0 Å². The van der Waals surface area contributed by atoms with Crippen molar-refractivity contribution in [3.63, 3.8) is 0 Å². The lowest BCUT2D eigenvalue weighted by atomic mass is 9.86. The van der Waals surface area contributed by atoms with Crippen LogP contribution in [0, 0.1) is 0 Å². The van der Waals surface area contributed by atoms with E-state index in [1.165, 1.54) is 11.2 Å². The monoisotopic (exact) mass is 189 g/mol. The van der Waals surface area contributed by atoms with Gasteiger partial charge in [0.2, 0.25) is 0 Å². The molecular weight excluding hydrogens is 172 g/mol. The van der Waals surface area contributed by atoms with Crippen molar-refractivity contribution in [2.45, 2.75) is 0 Å². The summed E-state index contributed by atoms with van der Waals surface area (Å²) in [6.45, 7) is 0. The molecule has 0 aliphatic carbocycles. The summed E-state index contributed by atoms with van der Waals surface area (Å²) < 4.78 is 2.17. The smallest absolute Gasteiger partial charge is 0.269 e. The molecule has 0 spiro atoms. The molecule has 0 atom stereocenters. The van der Waals surface area contributed by atoms with E-state index in [9.17, 15) is 0 Å². The first-order valence-corrected chi connectivity index (χ1v) is 4.69. The summed E-state index contributed by atoms with van der Waals surface area (Å²) in [7, 11) is 14.4. The predicted molar refractivity (Wildman–Crippen MR) is 63.6 cm³/mol. The van der Waals surface area contributed by atoms with E-state index in [1.807, 2.05) is 28.2 Å². The zero-order valence-corrected chi connectivity index (χ0v) is 9.65. The molecule has 0 unspecified atom stereocenters. The van der Waals surface area contributed by atoms with Crippen molar-refractivity contribution in [1.82, 2.24) is 14.2 Å². The molecule has 3 nitrogen and oxygen atoms in total. The van der Waals surface area contributed by atoms with Gasteiger partial charge in [0, 0.05) is 7.05 Å². The molecule has 1 rings (SSSR count). The van der Waals surface area contributed by atoms with Crippen molar-refractivity contribution in [2.24, 2.45) is 7.05 Å². The summed E-state index contributed by atoms with van der Waals surface area (Å²) in [6, 6.07) is 4.24. The number of aromatic nitrogens is 1. The average Bonchev–Trinajstić information content (AvgIpc) is 2.34. The Hall–Kier alpha value is -0.670. The highest BCUT2D eigenvalue weighted by Gasteiger charge is 2.08. The lowest BCUT2D eigenvalue weighted by molar-refractivity contribution is 0.663. The third kappa shape index (κ3) is 2.93. The van der Waals surface area contributed by atoms with Crippen LogP contribution in [0.2, 0.25) is 0 Å². The normalized spacial score (nSPS) is 11.1. The Morgan fingerprint density at radius 2 is 1.29 bits per heavy atom. The number of nitrogens with zero attached hydrogens (tertiary/aromatic N) is 3. The van der Waals surface area contributed by atoms with E-state index in [-0.39, 0.29) is 0 Å². The summed E-state index contributed by atoms with van der Waals surface area (Å²) in [6.07, 6.45) is 0. The van der Waals surface area contributed by atoms with E-state index in [2.05, 4.69) is 48.2 Å². The first-order chi connectivity index (χ1) is 6.50. The fourth-order valence-corrected chi connectivity index (χ4v) is 1.33.